The Balaban J connectivity index is 1.41. The van der Waals surface area contributed by atoms with Crippen LogP contribution >= 0.6 is 0 Å². The van der Waals surface area contributed by atoms with Crippen LogP contribution in [-0.2, 0) is 13.1 Å². The number of nitrogens with zero attached hydrogens (tertiary/aromatic N) is 5. The lowest BCUT2D eigenvalue weighted by Gasteiger charge is -2.35. The molecule has 3 aromatic rings. The summed E-state index contributed by atoms with van der Waals surface area (Å²) in [6.07, 6.45) is 14.6. The average Bonchev–Trinajstić information content (AvgIpc) is 3.33. The third kappa shape index (κ3) is 4.02. The first-order chi connectivity index (χ1) is 12.8. The molecule has 1 fully saturated rings. The zero-order chi connectivity index (χ0) is 17.8. The first-order valence-electron chi connectivity index (χ1n) is 9.27. The highest BCUT2D eigenvalue weighted by atomic mass is 19.1. The molecule has 0 saturated carbocycles. The first-order valence-corrected chi connectivity index (χ1v) is 9.27. The normalized spacial score (nSPS) is 18.3. The van der Waals surface area contributed by atoms with Crippen LogP contribution in [0.25, 0.3) is 5.69 Å². The summed E-state index contributed by atoms with van der Waals surface area (Å²) in [5.41, 5.74) is 1.93. The van der Waals surface area contributed by atoms with E-state index in [0.717, 1.165) is 31.7 Å². The molecule has 1 aromatic carbocycles. The zero-order valence-electron chi connectivity index (χ0n) is 14.8. The molecule has 0 unspecified atom stereocenters. The molecule has 4 rings (SSSR count). The van der Waals surface area contributed by atoms with Gasteiger partial charge in [-0.25, -0.2) is 14.1 Å². The van der Waals surface area contributed by atoms with Crippen LogP contribution in [0.1, 0.15) is 31.2 Å². The molecule has 0 amide bonds. The SMILES string of the molecule is Fc1cccc(-n2cc(CN3CCCC[C@H]3CCn3ccnc3)cn2)c1. The van der Waals surface area contributed by atoms with E-state index in [-0.39, 0.29) is 5.82 Å². The summed E-state index contributed by atoms with van der Waals surface area (Å²) in [5, 5.41) is 4.42. The topological polar surface area (TPSA) is 38.9 Å². The molecule has 0 radical (unpaired) electrons. The van der Waals surface area contributed by atoms with Crippen molar-refractivity contribution in [1.82, 2.24) is 24.2 Å². The number of hydrogen-bond acceptors (Lipinski definition) is 3. The maximum absolute atomic E-state index is 13.4. The summed E-state index contributed by atoms with van der Waals surface area (Å²) >= 11 is 0. The van der Waals surface area contributed by atoms with Crippen molar-refractivity contribution < 1.29 is 4.39 Å². The molecule has 0 bridgehead atoms. The highest BCUT2D eigenvalue weighted by Crippen LogP contribution is 2.23. The molecular weight excluding hydrogens is 329 g/mol. The summed E-state index contributed by atoms with van der Waals surface area (Å²) < 4.78 is 17.3. The van der Waals surface area contributed by atoms with E-state index in [2.05, 4.69) is 19.5 Å². The number of aromatic nitrogens is 4. The molecule has 3 heterocycles. The minimum atomic E-state index is -0.241. The van der Waals surface area contributed by atoms with Gasteiger partial charge in [-0.3, -0.25) is 4.90 Å². The van der Waals surface area contributed by atoms with Gasteiger partial charge in [0.2, 0.25) is 0 Å². The number of halogens is 1. The predicted octanol–water partition coefficient (Wildman–Crippen LogP) is 3.65. The number of likely N-dealkylation sites (tertiary alicyclic amines) is 1. The smallest absolute Gasteiger partial charge is 0.125 e. The first kappa shape index (κ1) is 17.0. The van der Waals surface area contributed by atoms with E-state index in [9.17, 15) is 4.39 Å². The summed E-state index contributed by atoms with van der Waals surface area (Å²) in [7, 11) is 0. The molecule has 6 heteroatoms. The summed E-state index contributed by atoms with van der Waals surface area (Å²) in [4.78, 5) is 6.68. The second-order valence-electron chi connectivity index (χ2n) is 6.98. The van der Waals surface area contributed by atoms with Gasteiger partial charge in [-0.05, 0) is 44.0 Å². The van der Waals surface area contributed by atoms with E-state index in [1.165, 1.54) is 37.0 Å². The minimum absolute atomic E-state index is 0.241. The van der Waals surface area contributed by atoms with Crippen molar-refractivity contribution in [2.45, 2.75) is 44.8 Å². The fourth-order valence-electron chi connectivity index (χ4n) is 3.75. The van der Waals surface area contributed by atoms with Crippen LogP contribution in [0.15, 0.2) is 55.4 Å². The molecule has 2 aromatic heterocycles. The van der Waals surface area contributed by atoms with Crippen LogP contribution in [0, 0.1) is 5.82 Å². The average molecular weight is 353 g/mol. The van der Waals surface area contributed by atoms with Crippen molar-refractivity contribution in [1.29, 1.82) is 0 Å². The van der Waals surface area contributed by atoms with Crippen LogP contribution in [0.3, 0.4) is 0 Å². The predicted molar refractivity (Wildman–Crippen MR) is 98.4 cm³/mol. The molecule has 0 N–H and O–H groups in total. The van der Waals surface area contributed by atoms with Crippen LogP contribution in [0.4, 0.5) is 4.39 Å². The summed E-state index contributed by atoms with van der Waals surface area (Å²) in [5.74, 6) is -0.241. The zero-order valence-corrected chi connectivity index (χ0v) is 14.8. The van der Waals surface area contributed by atoms with Crippen LogP contribution in [0.2, 0.25) is 0 Å². The van der Waals surface area contributed by atoms with E-state index in [1.54, 1.807) is 10.7 Å². The monoisotopic (exact) mass is 353 g/mol. The Hall–Kier alpha value is -2.47. The number of rotatable bonds is 6. The molecular formula is C20H24FN5. The van der Waals surface area contributed by atoms with Gasteiger partial charge in [0, 0.05) is 43.3 Å². The molecule has 5 nitrogen and oxygen atoms in total. The molecule has 26 heavy (non-hydrogen) atoms. The van der Waals surface area contributed by atoms with E-state index in [1.807, 2.05) is 37.2 Å². The largest absolute Gasteiger partial charge is 0.337 e. The van der Waals surface area contributed by atoms with Gasteiger partial charge in [0.05, 0.1) is 18.2 Å². The van der Waals surface area contributed by atoms with E-state index >= 15 is 0 Å². The van der Waals surface area contributed by atoms with Gasteiger partial charge in [0.15, 0.2) is 0 Å². The Morgan fingerprint density at radius 2 is 2.19 bits per heavy atom. The Kier molecular flexibility index (Phi) is 5.11. The van der Waals surface area contributed by atoms with Gasteiger partial charge >= 0.3 is 0 Å². The minimum Gasteiger partial charge on any atom is -0.337 e. The lowest BCUT2D eigenvalue weighted by molar-refractivity contribution is 0.128. The Labute approximate surface area is 153 Å². The van der Waals surface area contributed by atoms with Crippen molar-refractivity contribution in [2.24, 2.45) is 0 Å². The Morgan fingerprint density at radius 1 is 1.23 bits per heavy atom. The lowest BCUT2D eigenvalue weighted by atomic mass is 9.99. The van der Waals surface area contributed by atoms with Crippen molar-refractivity contribution in [2.75, 3.05) is 6.54 Å². The van der Waals surface area contributed by atoms with Crippen LogP contribution in [-0.4, -0.2) is 36.8 Å². The second kappa shape index (κ2) is 7.83. The quantitative estimate of drug-likeness (QED) is 0.679. The van der Waals surface area contributed by atoms with Crippen molar-refractivity contribution in [3.05, 3.63) is 66.8 Å². The number of imidazole rings is 1. The maximum atomic E-state index is 13.4. The van der Waals surface area contributed by atoms with Crippen molar-refractivity contribution in [3.63, 3.8) is 0 Å². The third-order valence-corrected chi connectivity index (χ3v) is 5.12. The lowest BCUT2D eigenvalue weighted by Crippen LogP contribution is -2.39. The Morgan fingerprint density at radius 3 is 3.04 bits per heavy atom. The molecule has 1 aliphatic rings. The number of aryl methyl sites for hydroxylation is 1. The standard InChI is InChI=1S/C20H24FN5/c21-18-4-3-6-20(12-18)26-15-17(13-23-26)14-25-9-2-1-5-19(25)7-10-24-11-8-22-16-24/h3-4,6,8,11-13,15-16,19H,1-2,5,7,9-10,14H2/t19-/m0/s1. The van der Waals surface area contributed by atoms with Gasteiger partial charge in [0.25, 0.3) is 0 Å². The molecule has 1 aliphatic heterocycles. The number of piperidine rings is 1. The maximum Gasteiger partial charge on any atom is 0.125 e. The number of benzene rings is 1. The van der Waals surface area contributed by atoms with Crippen molar-refractivity contribution >= 4 is 0 Å². The number of hydrogen-bond donors (Lipinski definition) is 0. The Bertz CT molecular complexity index is 826. The second-order valence-corrected chi connectivity index (χ2v) is 6.98. The molecule has 1 saturated heterocycles. The summed E-state index contributed by atoms with van der Waals surface area (Å²) in [6.45, 7) is 3.02. The fraction of sp³-hybridized carbons (Fsp3) is 0.400. The highest BCUT2D eigenvalue weighted by Gasteiger charge is 2.22. The third-order valence-electron chi connectivity index (χ3n) is 5.12. The molecule has 0 aliphatic carbocycles. The van der Waals surface area contributed by atoms with Gasteiger partial charge in [-0.2, -0.15) is 5.10 Å². The van der Waals surface area contributed by atoms with Crippen LogP contribution < -0.4 is 0 Å². The van der Waals surface area contributed by atoms with Gasteiger partial charge < -0.3 is 4.57 Å². The summed E-state index contributed by atoms with van der Waals surface area (Å²) in [6, 6.07) is 7.12. The van der Waals surface area contributed by atoms with Gasteiger partial charge in [-0.1, -0.05) is 12.5 Å². The van der Waals surface area contributed by atoms with E-state index in [0.29, 0.717) is 6.04 Å². The van der Waals surface area contributed by atoms with Crippen molar-refractivity contribution in [3.8, 4) is 5.69 Å². The van der Waals surface area contributed by atoms with Crippen LogP contribution in [0.5, 0.6) is 0 Å². The van der Waals surface area contributed by atoms with Gasteiger partial charge in [0.1, 0.15) is 5.82 Å². The molecule has 1 atom stereocenters. The fourth-order valence-corrected chi connectivity index (χ4v) is 3.75. The van der Waals surface area contributed by atoms with E-state index in [4.69, 9.17) is 0 Å². The molecule has 136 valence electrons. The molecule has 0 spiro atoms. The highest BCUT2D eigenvalue weighted by molar-refractivity contribution is 5.31. The van der Waals surface area contributed by atoms with Gasteiger partial charge in [-0.15, -0.1) is 0 Å². The van der Waals surface area contributed by atoms with E-state index < -0.39 is 0 Å².